The van der Waals surface area contributed by atoms with E-state index in [-0.39, 0.29) is 5.88 Å². The molecule has 0 aliphatic heterocycles. The van der Waals surface area contributed by atoms with Crippen LogP contribution in [0.15, 0.2) is 6.20 Å². The minimum absolute atomic E-state index is 0.200. The molecule has 2 unspecified atom stereocenters. The van der Waals surface area contributed by atoms with E-state index in [1.807, 2.05) is 0 Å². The van der Waals surface area contributed by atoms with Crippen LogP contribution in [0.2, 0.25) is 0 Å². The van der Waals surface area contributed by atoms with Gasteiger partial charge in [0.2, 0.25) is 0 Å². The number of hydrogen-bond donors (Lipinski definition) is 0. The molecule has 0 amide bonds. The molecule has 104 valence electrons. The van der Waals surface area contributed by atoms with Gasteiger partial charge in [-0.25, -0.2) is 14.8 Å². The quantitative estimate of drug-likeness (QED) is 0.628. The average molecular weight is 283 g/mol. The summed E-state index contributed by atoms with van der Waals surface area (Å²) in [5.74, 6) is 1.73. The van der Waals surface area contributed by atoms with E-state index in [2.05, 4.69) is 16.9 Å². The number of nitrogens with zero attached hydrogens (tertiary/aromatic N) is 2. The summed E-state index contributed by atoms with van der Waals surface area (Å²) in [5.41, 5.74) is 0.955. The highest BCUT2D eigenvalue weighted by Gasteiger charge is 2.26. The number of aromatic nitrogens is 2. The van der Waals surface area contributed by atoms with Gasteiger partial charge in [0.05, 0.1) is 18.2 Å². The van der Waals surface area contributed by atoms with Crippen molar-refractivity contribution in [1.82, 2.24) is 9.97 Å². The number of carbonyl (C=O) groups is 1. The van der Waals surface area contributed by atoms with E-state index in [9.17, 15) is 4.79 Å². The van der Waals surface area contributed by atoms with Gasteiger partial charge in [-0.2, -0.15) is 0 Å². The van der Waals surface area contributed by atoms with E-state index in [4.69, 9.17) is 16.3 Å². The third-order valence-corrected chi connectivity index (χ3v) is 3.82. The lowest BCUT2D eigenvalue weighted by molar-refractivity contribution is 0.0524. The Morgan fingerprint density at radius 1 is 1.53 bits per heavy atom. The van der Waals surface area contributed by atoms with E-state index in [0.717, 1.165) is 24.6 Å². The molecular formula is C14H19ClN2O2. The van der Waals surface area contributed by atoms with Crippen LogP contribution in [0.25, 0.3) is 0 Å². The fraction of sp³-hybridized carbons (Fsp3) is 0.643. The first-order valence-electron chi connectivity index (χ1n) is 6.74. The lowest BCUT2D eigenvalue weighted by Crippen LogP contribution is -2.12. The molecule has 0 N–H and O–H groups in total. The van der Waals surface area contributed by atoms with Gasteiger partial charge >= 0.3 is 5.97 Å². The summed E-state index contributed by atoms with van der Waals surface area (Å²) in [7, 11) is 0. The smallest absolute Gasteiger partial charge is 0.341 e. The van der Waals surface area contributed by atoms with Gasteiger partial charge in [-0.1, -0.05) is 6.92 Å². The molecule has 0 radical (unpaired) electrons. The average Bonchev–Trinajstić information content (AvgIpc) is 2.85. The zero-order valence-corrected chi connectivity index (χ0v) is 12.1. The van der Waals surface area contributed by atoms with Gasteiger partial charge < -0.3 is 4.74 Å². The number of hydrogen-bond acceptors (Lipinski definition) is 4. The van der Waals surface area contributed by atoms with Crippen molar-refractivity contribution in [2.75, 3.05) is 6.61 Å². The third kappa shape index (κ3) is 3.24. The van der Waals surface area contributed by atoms with E-state index in [0.29, 0.717) is 23.8 Å². The first kappa shape index (κ1) is 14.3. The molecule has 1 fully saturated rings. The van der Waals surface area contributed by atoms with Crippen molar-refractivity contribution in [2.24, 2.45) is 5.92 Å². The molecule has 1 saturated carbocycles. The molecule has 0 aromatic carbocycles. The number of halogens is 1. The van der Waals surface area contributed by atoms with Gasteiger partial charge in [-0.3, -0.25) is 0 Å². The Labute approximate surface area is 118 Å². The van der Waals surface area contributed by atoms with Crippen LogP contribution in [0, 0.1) is 5.92 Å². The Balaban J connectivity index is 2.23. The minimum Gasteiger partial charge on any atom is -0.462 e. The Bertz CT molecular complexity index is 465. The maximum Gasteiger partial charge on any atom is 0.341 e. The first-order chi connectivity index (χ1) is 9.15. The molecule has 4 nitrogen and oxygen atoms in total. The van der Waals surface area contributed by atoms with E-state index in [1.165, 1.54) is 6.42 Å². The molecule has 2 rings (SSSR count). The predicted octanol–water partition coefficient (Wildman–Crippen LogP) is 3.30. The van der Waals surface area contributed by atoms with Crippen molar-refractivity contribution in [3.63, 3.8) is 0 Å². The molecule has 1 aliphatic carbocycles. The van der Waals surface area contributed by atoms with Crippen LogP contribution in [-0.4, -0.2) is 22.5 Å². The summed E-state index contributed by atoms with van der Waals surface area (Å²) in [6.45, 7) is 4.35. The van der Waals surface area contributed by atoms with Crippen molar-refractivity contribution < 1.29 is 9.53 Å². The SMILES string of the molecule is CCOC(=O)c1cnc(C2CCC(C)C2)nc1CCl. The largest absolute Gasteiger partial charge is 0.462 e. The van der Waals surface area contributed by atoms with Gasteiger partial charge in [-0.15, -0.1) is 11.6 Å². The Morgan fingerprint density at radius 3 is 2.89 bits per heavy atom. The van der Waals surface area contributed by atoms with Gasteiger partial charge in [0.25, 0.3) is 0 Å². The summed E-state index contributed by atoms with van der Waals surface area (Å²) < 4.78 is 4.98. The predicted molar refractivity (Wildman–Crippen MR) is 73.3 cm³/mol. The van der Waals surface area contributed by atoms with E-state index >= 15 is 0 Å². The molecular weight excluding hydrogens is 264 g/mol. The summed E-state index contributed by atoms with van der Waals surface area (Å²) in [5, 5.41) is 0. The van der Waals surface area contributed by atoms with Gasteiger partial charge in [-0.05, 0) is 32.1 Å². The van der Waals surface area contributed by atoms with Crippen molar-refractivity contribution in [3.05, 3.63) is 23.3 Å². The molecule has 5 heteroatoms. The topological polar surface area (TPSA) is 52.1 Å². The van der Waals surface area contributed by atoms with Crippen molar-refractivity contribution in [3.8, 4) is 0 Å². The number of ether oxygens (including phenoxy) is 1. The summed E-state index contributed by atoms with van der Waals surface area (Å²) in [4.78, 5) is 20.6. The maximum absolute atomic E-state index is 11.7. The monoisotopic (exact) mass is 282 g/mol. The van der Waals surface area contributed by atoms with Crippen LogP contribution in [0.5, 0.6) is 0 Å². The zero-order chi connectivity index (χ0) is 13.8. The van der Waals surface area contributed by atoms with Crippen LogP contribution >= 0.6 is 11.6 Å². The molecule has 0 spiro atoms. The molecule has 1 aliphatic rings. The molecule has 19 heavy (non-hydrogen) atoms. The van der Waals surface area contributed by atoms with Crippen LogP contribution in [-0.2, 0) is 10.6 Å². The highest BCUT2D eigenvalue weighted by atomic mass is 35.5. The molecule has 1 aromatic heterocycles. The molecule has 1 heterocycles. The van der Waals surface area contributed by atoms with Crippen molar-refractivity contribution in [2.45, 2.75) is 44.9 Å². The lowest BCUT2D eigenvalue weighted by Gasteiger charge is -2.11. The standard InChI is InChI=1S/C14H19ClN2O2/c1-3-19-14(18)11-8-16-13(17-12(11)7-15)10-5-4-9(2)6-10/h8-10H,3-7H2,1-2H3. The van der Waals surface area contributed by atoms with Gasteiger partial charge in [0.1, 0.15) is 11.4 Å². The molecule has 0 saturated heterocycles. The summed E-state index contributed by atoms with van der Waals surface area (Å²) in [6, 6.07) is 0. The summed E-state index contributed by atoms with van der Waals surface area (Å²) >= 11 is 5.89. The second-order valence-electron chi connectivity index (χ2n) is 5.06. The van der Waals surface area contributed by atoms with Gasteiger partial charge in [0.15, 0.2) is 0 Å². The Hall–Kier alpha value is -1.16. The molecule has 1 aromatic rings. The molecule has 0 bridgehead atoms. The third-order valence-electron chi connectivity index (χ3n) is 3.57. The minimum atomic E-state index is -0.399. The van der Waals surface area contributed by atoms with E-state index < -0.39 is 5.97 Å². The van der Waals surface area contributed by atoms with Crippen LogP contribution in [0.3, 0.4) is 0 Å². The van der Waals surface area contributed by atoms with E-state index in [1.54, 1.807) is 13.1 Å². The lowest BCUT2D eigenvalue weighted by atomic mass is 10.1. The fourth-order valence-corrected chi connectivity index (χ4v) is 2.76. The fourth-order valence-electron chi connectivity index (χ4n) is 2.55. The highest BCUT2D eigenvalue weighted by molar-refractivity contribution is 6.17. The van der Waals surface area contributed by atoms with Crippen LogP contribution < -0.4 is 0 Å². The number of esters is 1. The zero-order valence-electron chi connectivity index (χ0n) is 11.4. The Morgan fingerprint density at radius 2 is 2.32 bits per heavy atom. The maximum atomic E-state index is 11.7. The van der Waals surface area contributed by atoms with Crippen molar-refractivity contribution in [1.29, 1.82) is 0 Å². The first-order valence-corrected chi connectivity index (χ1v) is 7.28. The van der Waals surface area contributed by atoms with Crippen molar-refractivity contribution >= 4 is 17.6 Å². The Kier molecular flexibility index (Phi) is 4.75. The second-order valence-corrected chi connectivity index (χ2v) is 5.33. The number of alkyl halides is 1. The van der Waals surface area contributed by atoms with Gasteiger partial charge in [0, 0.05) is 12.1 Å². The number of rotatable bonds is 4. The normalized spacial score (nSPS) is 22.5. The number of carbonyl (C=O) groups excluding carboxylic acids is 1. The van der Waals surface area contributed by atoms with Crippen LogP contribution in [0.1, 0.15) is 60.9 Å². The summed E-state index contributed by atoms with van der Waals surface area (Å²) in [6.07, 6.45) is 4.99. The second kappa shape index (κ2) is 6.33. The molecule has 2 atom stereocenters. The highest BCUT2D eigenvalue weighted by Crippen LogP contribution is 2.36. The van der Waals surface area contributed by atoms with Crippen LogP contribution in [0.4, 0.5) is 0 Å².